The fourth-order valence-corrected chi connectivity index (χ4v) is 4.15. The van der Waals surface area contributed by atoms with E-state index in [2.05, 4.69) is 41.4 Å². The molecule has 4 aromatic rings. The van der Waals surface area contributed by atoms with E-state index in [1.165, 1.54) is 0 Å². The van der Waals surface area contributed by atoms with Crippen LogP contribution in [-0.2, 0) is 4.79 Å². The Bertz CT molecular complexity index is 1310. The van der Waals surface area contributed by atoms with Gasteiger partial charge in [-0.2, -0.15) is 4.98 Å². The van der Waals surface area contributed by atoms with E-state index in [1.54, 1.807) is 12.1 Å². The van der Waals surface area contributed by atoms with Crippen LogP contribution in [-0.4, -0.2) is 27.0 Å². The molecule has 0 unspecified atom stereocenters. The van der Waals surface area contributed by atoms with Crippen LogP contribution in [0.1, 0.15) is 61.5 Å². The minimum absolute atomic E-state index is 0.00172. The molecule has 0 fully saturated rings. The Hall–Kier alpha value is -4.26. The average Bonchev–Trinajstić information content (AvgIpc) is 3.39. The van der Waals surface area contributed by atoms with Crippen molar-refractivity contribution < 1.29 is 19.2 Å². The highest BCUT2D eigenvalue weighted by atomic mass is 16.5. The van der Waals surface area contributed by atoms with Crippen molar-refractivity contribution in [2.75, 3.05) is 5.32 Å². The number of nitrogens with zero attached hydrogens (tertiary/aromatic N) is 2. The van der Waals surface area contributed by atoms with Gasteiger partial charge in [0, 0.05) is 35.2 Å². The van der Waals surface area contributed by atoms with E-state index in [4.69, 9.17) is 9.63 Å². The van der Waals surface area contributed by atoms with Crippen LogP contribution in [0.5, 0.6) is 0 Å². The van der Waals surface area contributed by atoms with Crippen molar-refractivity contribution in [2.45, 2.75) is 45.6 Å². The molecular weight excluding hydrogens is 466 g/mol. The van der Waals surface area contributed by atoms with E-state index in [0.717, 1.165) is 28.8 Å². The Morgan fingerprint density at radius 1 is 0.892 bits per heavy atom. The zero-order valence-electron chi connectivity index (χ0n) is 21.1. The van der Waals surface area contributed by atoms with E-state index in [9.17, 15) is 9.59 Å². The second-order valence-corrected chi connectivity index (χ2v) is 9.49. The van der Waals surface area contributed by atoms with Gasteiger partial charge < -0.3 is 14.9 Å². The Morgan fingerprint density at radius 3 is 2.24 bits per heavy atom. The summed E-state index contributed by atoms with van der Waals surface area (Å²) in [6, 6.07) is 25.3. The zero-order valence-corrected chi connectivity index (χ0v) is 21.1. The van der Waals surface area contributed by atoms with Crippen LogP contribution >= 0.6 is 0 Å². The molecule has 2 N–H and O–H groups in total. The van der Waals surface area contributed by atoms with Crippen molar-refractivity contribution >= 4 is 17.4 Å². The number of carboxylic acids is 1. The summed E-state index contributed by atoms with van der Waals surface area (Å²) < 4.78 is 5.50. The molecule has 0 aliphatic heterocycles. The first-order valence-electron chi connectivity index (χ1n) is 12.5. The lowest BCUT2D eigenvalue weighted by molar-refractivity contribution is -0.137. The normalized spacial score (nSPS) is 11.9. The molecule has 0 amide bonds. The summed E-state index contributed by atoms with van der Waals surface area (Å²) in [6.07, 6.45) is 1.50. The van der Waals surface area contributed by atoms with Crippen molar-refractivity contribution in [3.05, 3.63) is 90.0 Å². The zero-order chi connectivity index (χ0) is 26.2. The molecule has 0 spiro atoms. The van der Waals surface area contributed by atoms with Crippen LogP contribution in [0.4, 0.5) is 5.69 Å². The highest BCUT2D eigenvalue weighted by Crippen LogP contribution is 2.29. The minimum atomic E-state index is -0.884. The molecular formula is C30H31N3O4. The maximum atomic E-state index is 12.3. The lowest BCUT2D eigenvalue weighted by atomic mass is 9.95. The van der Waals surface area contributed by atoms with Gasteiger partial charge in [-0.1, -0.05) is 61.5 Å². The number of benzene rings is 3. The largest absolute Gasteiger partial charge is 0.481 e. The van der Waals surface area contributed by atoms with E-state index >= 15 is 0 Å². The number of carbonyl (C=O) groups is 2. The van der Waals surface area contributed by atoms with Gasteiger partial charge in [0.15, 0.2) is 5.78 Å². The topological polar surface area (TPSA) is 105 Å². The SMILES string of the molecule is CC(C)C[C@H](Nc1ccc(C(=O)CCCC(=O)O)cc1)c1ccc(-c2nc(-c3ccccc3)no2)cc1. The molecule has 1 heterocycles. The Balaban J connectivity index is 1.44. The van der Waals surface area contributed by atoms with Gasteiger partial charge in [0.05, 0.1) is 6.04 Å². The third-order valence-electron chi connectivity index (χ3n) is 6.07. The molecule has 7 nitrogen and oxygen atoms in total. The number of nitrogens with one attached hydrogen (secondary N) is 1. The maximum absolute atomic E-state index is 12.3. The van der Waals surface area contributed by atoms with Gasteiger partial charge in [-0.25, -0.2) is 0 Å². The molecule has 0 saturated heterocycles. The lowest BCUT2D eigenvalue weighted by Crippen LogP contribution is -2.13. The molecule has 0 bridgehead atoms. The van der Waals surface area contributed by atoms with Crippen LogP contribution in [0.25, 0.3) is 22.8 Å². The fourth-order valence-electron chi connectivity index (χ4n) is 4.15. The second kappa shape index (κ2) is 12.1. The van der Waals surface area contributed by atoms with Crippen LogP contribution in [0.2, 0.25) is 0 Å². The predicted molar refractivity (Wildman–Crippen MR) is 143 cm³/mol. The number of carboxylic acid groups (broad SMARTS) is 1. The van der Waals surface area contributed by atoms with Crippen LogP contribution < -0.4 is 5.32 Å². The summed E-state index contributed by atoms with van der Waals surface area (Å²) in [4.78, 5) is 27.5. The third kappa shape index (κ3) is 7.13. The number of anilines is 1. The molecule has 0 aliphatic carbocycles. The van der Waals surface area contributed by atoms with Gasteiger partial charge in [-0.15, -0.1) is 0 Å². The van der Waals surface area contributed by atoms with Crippen molar-refractivity contribution in [2.24, 2.45) is 5.92 Å². The monoisotopic (exact) mass is 497 g/mol. The number of carbonyl (C=O) groups excluding carboxylic acids is 1. The van der Waals surface area contributed by atoms with Crippen molar-refractivity contribution in [1.29, 1.82) is 0 Å². The summed E-state index contributed by atoms with van der Waals surface area (Å²) in [5, 5.41) is 16.5. The number of rotatable bonds is 12. The molecule has 0 radical (unpaired) electrons. The molecule has 1 atom stereocenters. The van der Waals surface area contributed by atoms with Gasteiger partial charge in [0.2, 0.25) is 5.82 Å². The predicted octanol–water partition coefficient (Wildman–Crippen LogP) is 7.04. The number of Topliss-reactive ketones (excluding diaryl/α,β-unsaturated/α-hetero) is 1. The summed E-state index contributed by atoms with van der Waals surface area (Å²) in [7, 11) is 0. The maximum Gasteiger partial charge on any atom is 0.303 e. The summed E-state index contributed by atoms with van der Waals surface area (Å²) in [5.74, 6) is 0.575. The number of aliphatic carboxylic acids is 1. The number of hydrogen-bond acceptors (Lipinski definition) is 6. The first-order chi connectivity index (χ1) is 17.9. The van der Waals surface area contributed by atoms with Gasteiger partial charge >= 0.3 is 5.97 Å². The Labute approximate surface area is 216 Å². The molecule has 190 valence electrons. The quantitative estimate of drug-likeness (QED) is 0.202. The first kappa shape index (κ1) is 25.8. The fraction of sp³-hybridized carbons (Fsp3) is 0.267. The minimum Gasteiger partial charge on any atom is -0.481 e. The van der Waals surface area contributed by atoms with Crippen molar-refractivity contribution in [1.82, 2.24) is 10.1 Å². The number of hydrogen-bond donors (Lipinski definition) is 2. The average molecular weight is 498 g/mol. The Morgan fingerprint density at radius 2 is 1.59 bits per heavy atom. The molecule has 0 aliphatic rings. The van der Waals surface area contributed by atoms with E-state index < -0.39 is 5.97 Å². The molecule has 4 rings (SSSR count). The number of ketones is 1. The van der Waals surface area contributed by atoms with Crippen LogP contribution in [0.15, 0.2) is 83.4 Å². The summed E-state index contributed by atoms with van der Waals surface area (Å²) >= 11 is 0. The molecule has 0 saturated carbocycles. The highest BCUT2D eigenvalue weighted by molar-refractivity contribution is 5.96. The molecule has 37 heavy (non-hydrogen) atoms. The Kier molecular flexibility index (Phi) is 8.46. The van der Waals surface area contributed by atoms with Gasteiger partial charge in [0.1, 0.15) is 0 Å². The van der Waals surface area contributed by atoms with Gasteiger partial charge in [-0.05, 0) is 60.7 Å². The summed E-state index contributed by atoms with van der Waals surface area (Å²) in [5.41, 5.74) is 4.40. The second-order valence-electron chi connectivity index (χ2n) is 9.49. The van der Waals surface area contributed by atoms with Crippen LogP contribution in [0, 0.1) is 5.92 Å². The lowest BCUT2D eigenvalue weighted by Gasteiger charge is -2.22. The van der Waals surface area contributed by atoms with Gasteiger partial charge in [0.25, 0.3) is 5.89 Å². The van der Waals surface area contributed by atoms with Crippen LogP contribution in [0.3, 0.4) is 0 Å². The van der Waals surface area contributed by atoms with Crippen molar-refractivity contribution in [3.8, 4) is 22.8 Å². The van der Waals surface area contributed by atoms with E-state index in [-0.39, 0.29) is 24.7 Å². The standard InChI is InChI=1S/C30H31N3O4/c1-20(2)19-26(31-25-17-15-22(16-18-25)27(34)9-6-10-28(35)36)21-11-13-24(14-12-21)30-32-29(33-37-30)23-7-4-3-5-8-23/h3-5,7-8,11-18,20,26,31H,6,9-10,19H2,1-2H3,(H,35,36)/t26-/m0/s1. The van der Waals surface area contributed by atoms with E-state index in [0.29, 0.717) is 29.6 Å². The van der Waals surface area contributed by atoms with E-state index in [1.807, 2.05) is 54.6 Å². The highest BCUT2D eigenvalue weighted by Gasteiger charge is 2.16. The molecule has 3 aromatic carbocycles. The summed E-state index contributed by atoms with van der Waals surface area (Å²) in [6.45, 7) is 4.37. The smallest absolute Gasteiger partial charge is 0.303 e. The molecule has 7 heteroatoms. The van der Waals surface area contributed by atoms with Crippen molar-refractivity contribution in [3.63, 3.8) is 0 Å². The number of aromatic nitrogens is 2. The van der Waals surface area contributed by atoms with Gasteiger partial charge in [-0.3, -0.25) is 9.59 Å². The first-order valence-corrected chi connectivity index (χ1v) is 12.5. The molecule has 1 aromatic heterocycles. The third-order valence-corrected chi connectivity index (χ3v) is 6.07.